The summed E-state index contributed by atoms with van der Waals surface area (Å²) in [5, 5.41) is 18.5. The van der Waals surface area contributed by atoms with Crippen molar-refractivity contribution in [2.45, 2.75) is 20.3 Å². The Bertz CT molecular complexity index is 344. The van der Waals surface area contributed by atoms with Gasteiger partial charge in [-0.25, -0.2) is 0 Å². The van der Waals surface area contributed by atoms with E-state index in [9.17, 15) is 9.90 Å². The quantitative estimate of drug-likeness (QED) is 0.772. The maximum atomic E-state index is 11.0. The van der Waals surface area contributed by atoms with Crippen LogP contribution in [0, 0.1) is 5.92 Å². The molecule has 1 aromatic rings. The van der Waals surface area contributed by atoms with Gasteiger partial charge in [0, 0.05) is 12.0 Å². The summed E-state index contributed by atoms with van der Waals surface area (Å²) in [4.78, 5) is 11.0. The maximum Gasteiger partial charge on any atom is 0.132 e. The van der Waals surface area contributed by atoms with Crippen LogP contribution in [0.25, 0.3) is 0 Å². The number of phenols is 2. The maximum absolute atomic E-state index is 11.0. The molecule has 1 aromatic carbocycles. The molecule has 3 nitrogen and oxygen atoms in total. The van der Waals surface area contributed by atoms with Crippen molar-refractivity contribution >= 4 is 5.78 Å². The molecule has 0 amide bonds. The lowest BCUT2D eigenvalue weighted by molar-refractivity contribution is -0.120. The lowest BCUT2D eigenvalue weighted by atomic mass is 9.97. The number of Topliss-reactive ketones (excluding diaryl/α,β-unsaturated/α-hetero) is 1. The molecule has 14 heavy (non-hydrogen) atoms. The highest BCUT2D eigenvalue weighted by Crippen LogP contribution is 2.24. The zero-order valence-corrected chi connectivity index (χ0v) is 8.32. The van der Waals surface area contributed by atoms with Gasteiger partial charge in [-0.05, 0) is 25.0 Å². The SMILES string of the molecule is CC(=O)C(C)Cc1ccc(O)cc1O. The van der Waals surface area contributed by atoms with Gasteiger partial charge < -0.3 is 10.2 Å². The largest absolute Gasteiger partial charge is 0.508 e. The van der Waals surface area contributed by atoms with Gasteiger partial charge in [-0.3, -0.25) is 4.79 Å². The first-order valence-corrected chi connectivity index (χ1v) is 4.52. The molecule has 3 heteroatoms. The van der Waals surface area contributed by atoms with Crippen LogP contribution in [-0.4, -0.2) is 16.0 Å². The van der Waals surface area contributed by atoms with Gasteiger partial charge in [-0.15, -0.1) is 0 Å². The summed E-state index contributed by atoms with van der Waals surface area (Å²) in [5.41, 5.74) is 0.686. The first kappa shape index (κ1) is 10.6. The molecule has 76 valence electrons. The molecule has 0 fully saturated rings. The van der Waals surface area contributed by atoms with Crippen molar-refractivity contribution in [2.24, 2.45) is 5.92 Å². The van der Waals surface area contributed by atoms with E-state index in [0.717, 1.165) is 0 Å². The molecular formula is C11H14O3. The number of benzene rings is 1. The van der Waals surface area contributed by atoms with Crippen molar-refractivity contribution < 1.29 is 15.0 Å². The molecule has 1 unspecified atom stereocenters. The van der Waals surface area contributed by atoms with Crippen LogP contribution in [0.3, 0.4) is 0 Å². The first-order chi connectivity index (χ1) is 6.50. The minimum absolute atomic E-state index is 0.0294. The van der Waals surface area contributed by atoms with Gasteiger partial charge in [-0.1, -0.05) is 13.0 Å². The third-order valence-electron chi connectivity index (χ3n) is 2.29. The summed E-state index contributed by atoms with van der Waals surface area (Å²) < 4.78 is 0. The van der Waals surface area contributed by atoms with Gasteiger partial charge in [0.25, 0.3) is 0 Å². The summed E-state index contributed by atoms with van der Waals surface area (Å²) in [7, 11) is 0. The van der Waals surface area contributed by atoms with E-state index in [1.807, 2.05) is 6.92 Å². The first-order valence-electron chi connectivity index (χ1n) is 4.52. The van der Waals surface area contributed by atoms with Crippen LogP contribution >= 0.6 is 0 Å². The Morgan fingerprint density at radius 3 is 2.57 bits per heavy atom. The minimum Gasteiger partial charge on any atom is -0.508 e. The Labute approximate surface area is 83.0 Å². The fourth-order valence-electron chi connectivity index (χ4n) is 1.20. The monoisotopic (exact) mass is 194 g/mol. The zero-order valence-electron chi connectivity index (χ0n) is 8.32. The van der Waals surface area contributed by atoms with Crippen molar-refractivity contribution in [3.63, 3.8) is 0 Å². The average Bonchev–Trinajstić information content (AvgIpc) is 2.09. The second-order valence-electron chi connectivity index (χ2n) is 3.53. The third-order valence-corrected chi connectivity index (χ3v) is 2.29. The summed E-state index contributed by atoms with van der Waals surface area (Å²) in [5.74, 6) is 0.0581. The Morgan fingerprint density at radius 2 is 2.07 bits per heavy atom. The van der Waals surface area contributed by atoms with Gasteiger partial charge in [0.05, 0.1) is 0 Å². The fourth-order valence-corrected chi connectivity index (χ4v) is 1.20. The van der Waals surface area contributed by atoms with E-state index in [1.165, 1.54) is 19.1 Å². The van der Waals surface area contributed by atoms with Crippen LogP contribution in [-0.2, 0) is 11.2 Å². The van der Waals surface area contributed by atoms with Gasteiger partial charge in [0.2, 0.25) is 0 Å². The van der Waals surface area contributed by atoms with Crippen LogP contribution in [0.2, 0.25) is 0 Å². The Hall–Kier alpha value is -1.51. The van der Waals surface area contributed by atoms with Crippen molar-refractivity contribution in [1.82, 2.24) is 0 Å². The number of hydrogen-bond acceptors (Lipinski definition) is 3. The lowest BCUT2D eigenvalue weighted by Crippen LogP contribution is -2.09. The molecule has 0 bridgehead atoms. The molecule has 0 aliphatic carbocycles. The van der Waals surface area contributed by atoms with Crippen molar-refractivity contribution in [3.05, 3.63) is 23.8 Å². The number of rotatable bonds is 3. The molecule has 0 aliphatic heterocycles. The fraction of sp³-hybridized carbons (Fsp3) is 0.364. The van der Waals surface area contributed by atoms with Crippen molar-refractivity contribution in [1.29, 1.82) is 0 Å². The van der Waals surface area contributed by atoms with E-state index in [2.05, 4.69) is 0 Å². The van der Waals surface area contributed by atoms with E-state index < -0.39 is 0 Å². The third kappa shape index (κ3) is 2.49. The Morgan fingerprint density at radius 1 is 1.43 bits per heavy atom. The normalized spacial score (nSPS) is 12.4. The summed E-state index contributed by atoms with van der Waals surface area (Å²) >= 11 is 0. The molecule has 0 heterocycles. The highest BCUT2D eigenvalue weighted by Gasteiger charge is 2.11. The molecule has 0 radical (unpaired) electrons. The average molecular weight is 194 g/mol. The van der Waals surface area contributed by atoms with E-state index >= 15 is 0 Å². The molecule has 1 rings (SSSR count). The topological polar surface area (TPSA) is 57.5 Å². The number of ketones is 1. The van der Waals surface area contributed by atoms with Gasteiger partial charge >= 0.3 is 0 Å². The zero-order chi connectivity index (χ0) is 10.7. The number of aromatic hydroxyl groups is 2. The Kier molecular flexibility index (Phi) is 3.12. The molecule has 1 atom stereocenters. The molecule has 2 N–H and O–H groups in total. The Balaban J connectivity index is 2.82. The lowest BCUT2D eigenvalue weighted by Gasteiger charge is -2.09. The van der Waals surface area contributed by atoms with Crippen molar-refractivity contribution in [2.75, 3.05) is 0 Å². The smallest absolute Gasteiger partial charge is 0.132 e. The highest BCUT2D eigenvalue weighted by atomic mass is 16.3. The number of carbonyl (C=O) groups excluding carboxylic acids is 1. The number of hydrogen-bond donors (Lipinski definition) is 2. The molecule has 0 aromatic heterocycles. The number of carbonyl (C=O) groups is 1. The second-order valence-corrected chi connectivity index (χ2v) is 3.53. The van der Waals surface area contributed by atoms with Crippen LogP contribution in [0.5, 0.6) is 11.5 Å². The van der Waals surface area contributed by atoms with Gasteiger partial charge in [0.1, 0.15) is 17.3 Å². The highest BCUT2D eigenvalue weighted by molar-refractivity contribution is 5.78. The number of phenolic OH excluding ortho intramolecular Hbond substituents is 2. The van der Waals surface area contributed by atoms with E-state index in [4.69, 9.17) is 5.11 Å². The van der Waals surface area contributed by atoms with Crippen molar-refractivity contribution in [3.8, 4) is 11.5 Å². The van der Waals surface area contributed by atoms with E-state index in [1.54, 1.807) is 6.07 Å². The predicted octanol–water partition coefficient (Wildman–Crippen LogP) is 1.87. The molecule has 0 aliphatic rings. The van der Waals surface area contributed by atoms with E-state index in [-0.39, 0.29) is 23.2 Å². The minimum atomic E-state index is -0.106. The molecule has 0 saturated heterocycles. The second kappa shape index (κ2) is 4.13. The van der Waals surface area contributed by atoms with E-state index in [0.29, 0.717) is 12.0 Å². The van der Waals surface area contributed by atoms with Crippen LogP contribution < -0.4 is 0 Å². The predicted molar refractivity (Wildman–Crippen MR) is 53.3 cm³/mol. The van der Waals surface area contributed by atoms with Crippen LogP contribution in [0.4, 0.5) is 0 Å². The molecule has 0 saturated carbocycles. The van der Waals surface area contributed by atoms with Crippen LogP contribution in [0.1, 0.15) is 19.4 Å². The summed E-state index contributed by atoms with van der Waals surface area (Å²) in [6, 6.07) is 4.41. The molecular weight excluding hydrogens is 180 g/mol. The standard InChI is InChI=1S/C11H14O3/c1-7(8(2)12)5-9-3-4-10(13)6-11(9)14/h3-4,6-7,13-14H,5H2,1-2H3. The van der Waals surface area contributed by atoms with Gasteiger partial charge in [0.15, 0.2) is 0 Å². The summed E-state index contributed by atoms with van der Waals surface area (Å²) in [6.45, 7) is 3.34. The van der Waals surface area contributed by atoms with Crippen LogP contribution in [0.15, 0.2) is 18.2 Å². The molecule has 0 spiro atoms. The van der Waals surface area contributed by atoms with Gasteiger partial charge in [-0.2, -0.15) is 0 Å². The summed E-state index contributed by atoms with van der Waals surface area (Å²) in [6.07, 6.45) is 0.501.